The average Bonchev–Trinajstić information content (AvgIpc) is 2.62. The summed E-state index contributed by atoms with van der Waals surface area (Å²) in [4.78, 5) is 0. The molecule has 0 aliphatic carbocycles. The number of aryl methyl sites for hydroxylation is 2. The minimum atomic E-state index is 0.438. The number of hydrogen-bond acceptors (Lipinski definition) is 3. The van der Waals surface area contributed by atoms with E-state index >= 15 is 0 Å². The summed E-state index contributed by atoms with van der Waals surface area (Å²) in [5.41, 5.74) is 8.65. The fourth-order valence-corrected chi connectivity index (χ4v) is 2.83. The minimum absolute atomic E-state index is 0.438. The van der Waals surface area contributed by atoms with Crippen LogP contribution in [0.25, 0.3) is 0 Å². The summed E-state index contributed by atoms with van der Waals surface area (Å²) in [5.74, 6) is 0.788. The first-order chi connectivity index (χ1) is 9.04. The first kappa shape index (κ1) is 14.6. The van der Waals surface area contributed by atoms with Crippen molar-refractivity contribution in [1.82, 2.24) is 9.78 Å². The van der Waals surface area contributed by atoms with Gasteiger partial charge in [-0.3, -0.25) is 4.68 Å². The molecule has 102 valence electrons. The maximum Gasteiger partial charge on any atom is 0.138 e. The fraction of sp³-hybridized carbons (Fsp3) is 0.308. The molecule has 1 aromatic carbocycles. The zero-order valence-corrected chi connectivity index (χ0v) is 14.0. The van der Waals surface area contributed by atoms with Crippen molar-refractivity contribution in [1.29, 1.82) is 0 Å². The molecule has 0 aliphatic rings. The lowest BCUT2D eigenvalue weighted by molar-refractivity contribution is 0.289. The van der Waals surface area contributed by atoms with E-state index in [1.807, 2.05) is 36.9 Å². The molecule has 19 heavy (non-hydrogen) atoms. The molecule has 2 rings (SSSR count). The van der Waals surface area contributed by atoms with Crippen molar-refractivity contribution in [2.45, 2.75) is 20.1 Å². The van der Waals surface area contributed by atoms with Gasteiger partial charge in [0.1, 0.15) is 12.4 Å². The van der Waals surface area contributed by atoms with Gasteiger partial charge in [-0.25, -0.2) is 0 Å². The monoisotopic (exact) mass is 387 g/mol. The molecule has 0 saturated heterocycles. The van der Waals surface area contributed by atoms with E-state index in [0.29, 0.717) is 13.2 Å². The largest absolute Gasteiger partial charge is 0.486 e. The Morgan fingerprint density at radius 2 is 2.11 bits per heavy atom. The van der Waals surface area contributed by atoms with E-state index in [-0.39, 0.29) is 0 Å². The van der Waals surface area contributed by atoms with Gasteiger partial charge in [-0.1, -0.05) is 12.1 Å². The predicted octanol–water partition coefficient (Wildman–Crippen LogP) is 3.29. The highest BCUT2D eigenvalue weighted by Crippen LogP contribution is 2.30. The van der Waals surface area contributed by atoms with Crippen molar-refractivity contribution in [2.24, 2.45) is 12.8 Å². The zero-order chi connectivity index (χ0) is 14.0. The average molecular weight is 389 g/mol. The van der Waals surface area contributed by atoms with Crippen molar-refractivity contribution in [3.05, 3.63) is 44.1 Å². The van der Waals surface area contributed by atoms with Crippen LogP contribution in [-0.2, 0) is 20.2 Å². The van der Waals surface area contributed by atoms with Crippen molar-refractivity contribution in [3.8, 4) is 5.75 Å². The normalized spacial score (nSPS) is 10.8. The molecule has 0 radical (unpaired) electrons. The molecule has 0 amide bonds. The Bertz CT molecular complexity index is 596. The van der Waals surface area contributed by atoms with Crippen LogP contribution in [0.3, 0.4) is 0 Å². The van der Waals surface area contributed by atoms with Crippen LogP contribution < -0.4 is 10.5 Å². The number of halogens is 2. The van der Waals surface area contributed by atoms with Crippen molar-refractivity contribution in [2.75, 3.05) is 0 Å². The minimum Gasteiger partial charge on any atom is -0.486 e. The van der Waals surface area contributed by atoms with Gasteiger partial charge in [-0.2, -0.15) is 5.10 Å². The lowest BCUT2D eigenvalue weighted by Gasteiger charge is -2.12. The van der Waals surface area contributed by atoms with E-state index in [1.165, 1.54) is 0 Å². The smallest absolute Gasteiger partial charge is 0.138 e. The molecule has 0 atom stereocenters. The third-order valence-electron chi connectivity index (χ3n) is 2.88. The van der Waals surface area contributed by atoms with Crippen LogP contribution in [0.1, 0.15) is 17.0 Å². The first-order valence-electron chi connectivity index (χ1n) is 5.82. The molecule has 0 fully saturated rings. The Hall–Kier alpha value is -0.850. The first-order valence-corrected chi connectivity index (χ1v) is 7.41. The van der Waals surface area contributed by atoms with Gasteiger partial charge in [0.2, 0.25) is 0 Å². The van der Waals surface area contributed by atoms with Crippen molar-refractivity contribution < 1.29 is 4.74 Å². The molecule has 1 heterocycles. The highest BCUT2D eigenvalue weighted by atomic mass is 79.9. The Morgan fingerprint density at radius 1 is 1.37 bits per heavy atom. The number of benzene rings is 1. The molecule has 0 unspecified atom stereocenters. The predicted molar refractivity (Wildman–Crippen MR) is 82.0 cm³/mol. The number of aromatic nitrogens is 2. The van der Waals surface area contributed by atoms with Gasteiger partial charge in [0.05, 0.1) is 20.3 Å². The molecule has 2 N–H and O–H groups in total. The molecular formula is C13H15Br2N3O. The number of rotatable bonds is 4. The van der Waals surface area contributed by atoms with Gasteiger partial charge >= 0.3 is 0 Å². The van der Waals surface area contributed by atoms with Gasteiger partial charge in [0, 0.05) is 19.2 Å². The maximum absolute atomic E-state index is 5.90. The molecular weight excluding hydrogens is 374 g/mol. The van der Waals surface area contributed by atoms with E-state index in [9.17, 15) is 0 Å². The Balaban J connectivity index is 2.24. The SMILES string of the molecule is Cc1nn(C)c(COc2c(Br)cccc2CN)c1Br. The second kappa shape index (κ2) is 6.07. The lowest BCUT2D eigenvalue weighted by Crippen LogP contribution is -2.07. The molecule has 0 saturated carbocycles. The van der Waals surface area contributed by atoms with Gasteiger partial charge in [-0.05, 0) is 44.8 Å². The summed E-state index contributed by atoms with van der Waals surface area (Å²) in [7, 11) is 1.90. The molecule has 2 aromatic rings. The molecule has 0 spiro atoms. The van der Waals surface area contributed by atoms with Crippen LogP contribution in [-0.4, -0.2) is 9.78 Å². The number of nitrogens with two attached hydrogens (primary N) is 1. The van der Waals surface area contributed by atoms with Gasteiger partial charge < -0.3 is 10.5 Å². The Kier molecular flexibility index (Phi) is 4.65. The highest BCUT2D eigenvalue weighted by Gasteiger charge is 2.13. The van der Waals surface area contributed by atoms with E-state index in [2.05, 4.69) is 37.0 Å². The molecule has 0 aliphatic heterocycles. The summed E-state index contributed by atoms with van der Waals surface area (Å²) in [6.45, 7) is 2.84. The van der Waals surface area contributed by atoms with E-state index in [1.54, 1.807) is 0 Å². The summed E-state index contributed by atoms with van der Waals surface area (Å²) in [6.07, 6.45) is 0. The number of ether oxygens (including phenoxy) is 1. The topological polar surface area (TPSA) is 53.1 Å². The van der Waals surface area contributed by atoms with E-state index < -0.39 is 0 Å². The maximum atomic E-state index is 5.90. The third-order valence-corrected chi connectivity index (χ3v) is 4.54. The number of nitrogens with zero attached hydrogens (tertiary/aromatic N) is 2. The number of hydrogen-bond donors (Lipinski definition) is 1. The summed E-state index contributed by atoms with van der Waals surface area (Å²) in [6, 6.07) is 5.85. The lowest BCUT2D eigenvalue weighted by atomic mass is 10.2. The summed E-state index contributed by atoms with van der Waals surface area (Å²) < 4.78 is 9.61. The molecule has 1 aromatic heterocycles. The van der Waals surface area contributed by atoms with Crippen LogP contribution in [0, 0.1) is 6.92 Å². The van der Waals surface area contributed by atoms with Gasteiger partial charge in [-0.15, -0.1) is 0 Å². The second-order valence-electron chi connectivity index (χ2n) is 4.19. The van der Waals surface area contributed by atoms with Crippen LogP contribution in [0.5, 0.6) is 5.75 Å². The Morgan fingerprint density at radius 3 is 2.68 bits per heavy atom. The van der Waals surface area contributed by atoms with E-state index in [4.69, 9.17) is 10.5 Å². The second-order valence-corrected chi connectivity index (χ2v) is 5.84. The Labute approximate surface area is 129 Å². The van der Waals surface area contributed by atoms with Gasteiger partial charge in [0.25, 0.3) is 0 Å². The third kappa shape index (κ3) is 3.01. The van der Waals surface area contributed by atoms with Crippen molar-refractivity contribution >= 4 is 31.9 Å². The quantitative estimate of drug-likeness (QED) is 0.874. The van der Waals surface area contributed by atoms with Crippen molar-refractivity contribution in [3.63, 3.8) is 0 Å². The highest BCUT2D eigenvalue weighted by molar-refractivity contribution is 9.10. The molecule has 4 nitrogen and oxygen atoms in total. The van der Waals surface area contributed by atoms with E-state index in [0.717, 1.165) is 31.6 Å². The summed E-state index contributed by atoms with van der Waals surface area (Å²) in [5, 5.41) is 4.34. The number of para-hydroxylation sites is 1. The van der Waals surface area contributed by atoms with Crippen LogP contribution >= 0.6 is 31.9 Å². The van der Waals surface area contributed by atoms with Crippen LogP contribution in [0.15, 0.2) is 27.1 Å². The molecule has 0 bridgehead atoms. The fourth-order valence-electron chi connectivity index (χ4n) is 1.85. The molecule has 6 heteroatoms. The van der Waals surface area contributed by atoms with Crippen LogP contribution in [0.2, 0.25) is 0 Å². The van der Waals surface area contributed by atoms with Gasteiger partial charge in [0.15, 0.2) is 0 Å². The summed E-state index contributed by atoms with van der Waals surface area (Å²) >= 11 is 7.02. The standard InChI is InChI=1S/C13H15Br2N3O/c1-8-12(15)11(18(2)17-8)7-19-13-9(6-16)4-3-5-10(13)14/h3-5H,6-7,16H2,1-2H3. The van der Waals surface area contributed by atoms with Crippen LogP contribution in [0.4, 0.5) is 0 Å². The zero-order valence-electron chi connectivity index (χ0n) is 10.8.